The van der Waals surface area contributed by atoms with Crippen LogP contribution in [0.1, 0.15) is 10.4 Å². The number of rotatable bonds is 3. The van der Waals surface area contributed by atoms with E-state index in [4.69, 9.17) is 11.6 Å². The molecule has 7 heteroatoms. The highest BCUT2D eigenvalue weighted by Crippen LogP contribution is 2.28. The molecule has 1 aromatic carbocycles. The number of ketones is 1. The molecular weight excluding hydrogens is 292 g/mol. The van der Waals surface area contributed by atoms with Crippen molar-refractivity contribution < 1.29 is 14.1 Å². The van der Waals surface area contributed by atoms with Gasteiger partial charge in [-0.3, -0.25) is 14.9 Å². The molecule has 0 atom stereocenters. The van der Waals surface area contributed by atoms with Crippen LogP contribution in [-0.4, -0.2) is 16.6 Å². The summed E-state index contributed by atoms with van der Waals surface area (Å²) in [5.41, 5.74) is -0.802. The minimum Gasteiger partial charge on any atom is -0.293 e. The van der Waals surface area contributed by atoms with Crippen molar-refractivity contribution in [2.45, 2.75) is 0 Å². The van der Waals surface area contributed by atoms with Gasteiger partial charge < -0.3 is 0 Å². The molecule has 0 spiro atoms. The lowest BCUT2D eigenvalue weighted by Gasteiger charge is -2.02. The number of hydrogen-bond donors (Lipinski definition) is 0. The molecular formula is C8H4BrClFNO3. The zero-order chi connectivity index (χ0) is 11.6. The fourth-order valence-electron chi connectivity index (χ4n) is 1.05. The third-order valence-electron chi connectivity index (χ3n) is 1.63. The van der Waals surface area contributed by atoms with Gasteiger partial charge in [-0.25, -0.2) is 4.39 Å². The summed E-state index contributed by atoms with van der Waals surface area (Å²) in [5.74, 6) is -1.82. The highest BCUT2D eigenvalue weighted by Gasteiger charge is 2.23. The van der Waals surface area contributed by atoms with E-state index in [-0.39, 0.29) is 10.0 Å². The van der Waals surface area contributed by atoms with Gasteiger partial charge >= 0.3 is 0 Å². The molecule has 15 heavy (non-hydrogen) atoms. The summed E-state index contributed by atoms with van der Waals surface area (Å²) in [6, 6.07) is 1.66. The van der Waals surface area contributed by atoms with Crippen LogP contribution in [0.25, 0.3) is 0 Å². The average molecular weight is 296 g/mol. The number of halogens is 3. The molecule has 1 rings (SSSR count). The molecule has 0 aliphatic heterocycles. The Labute approximate surface area is 97.3 Å². The number of nitrogens with zero attached hydrogens (tertiary/aromatic N) is 1. The van der Waals surface area contributed by atoms with Crippen LogP contribution >= 0.6 is 27.5 Å². The van der Waals surface area contributed by atoms with Gasteiger partial charge in [0.25, 0.3) is 5.69 Å². The maximum absolute atomic E-state index is 12.9. The lowest BCUT2D eigenvalue weighted by atomic mass is 10.1. The summed E-state index contributed by atoms with van der Waals surface area (Å²) >= 11 is 8.17. The van der Waals surface area contributed by atoms with E-state index < -0.39 is 28.1 Å². The number of benzene rings is 1. The lowest BCUT2D eigenvalue weighted by Crippen LogP contribution is -2.06. The van der Waals surface area contributed by atoms with Crippen molar-refractivity contribution in [2.75, 3.05) is 5.88 Å². The van der Waals surface area contributed by atoms with Gasteiger partial charge in [-0.1, -0.05) is 0 Å². The topological polar surface area (TPSA) is 60.2 Å². The third-order valence-corrected chi connectivity index (χ3v) is 2.50. The minimum absolute atomic E-state index is 0.0276. The molecule has 0 amide bonds. The highest BCUT2D eigenvalue weighted by atomic mass is 79.9. The Morgan fingerprint density at radius 3 is 2.67 bits per heavy atom. The first kappa shape index (κ1) is 12.1. The first-order valence-corrected chi connectivity index (χ1v) is 5.02. The van der Waals surface area contributed by atoms with Gasteiger partial charge in [0.15, 0.2) is 5.78 Å². The molecule has 4 nitrogen and oxygen atoms in total. The normalized spacial score (nSPS) is 10.1. The van der Waals surface area contributed by atoms with Gasteiger partial charge in [-0.05, 0) is 22.0 Å². The van der Waals surface area contributed by atoms with E-state index in [2.05, 4.69) is 15.9 Å². The second kappa shape index (κ2) is 4.67. The summed E-state index contributed by atoms with van der Waals surface area (Å²) in [6.07, 6.45) is 0. The van der Waals surface area contributed by atoms with Crippen LogP contribution in [0.5, 0.6) is 0 Å². The van der Waals surface area contributed by atoms with Crippen molar-refractivity contribution in [3.8, 4) is 0 Å². The maximum Gasteiger partial charge on any atom is 0.284 e. The first-order chi connectivity index (χ1) is 6.97. The Hall–Kier alpha value is -1.01. The molecule has 0 bridgehead atoms. The van der Waals surface area contributed by atoms with Crippen molar-refractivity contribution in [3.63, 3.8) is 0 Å². The number of nitro benzene ring substituents is 1. The fourth-order valence-corrected chi connectivity index (χ4v) is 1.82. The second-order valence-corrected chi connectivity index (χ2v) is 3.72. The molecule has 0 unspecified atom stereocenters. The van der Waals surface area contributed by atoms with E-state index in [1.165, 1.54) is 0 Å². The van der Waals surface area contributed by atoms with Crippen LogP contribution in [-0.2, 0) is 0 Å². The van der Waals surface area contributed by atoms with Crippen LogP contribution in [0.15, 0.2) is 16.6 Å². The Morgan fingerprint density at radius 1 is 1.60 bits per heavy atom. The van der Waals surface area contributed by atoms with Gasteiger partial charge in [0.05, 0.1) is 16.9 Å². The summed E-state index contributed by atoms with van der Waals surface area (Å²) in [4.78, 5) is 21.0. The van der Waals surface area contributed by atoms with E-state index in [1.807, 2.05) is 0 Å². The molecule has 0 saturated heterocycles. The molecule has 1 aromatic rings. The predicted octanol–water partition coefficient (Wildman–Crippen LogP) is 2.92. The van der Waals surface area contributed by atoms with Gasteiger partial charge in [0, 0.05) is 4.47 Å². The minimum atomic E-state index is -0.826. The summed E-state index contributed by atoms with van der Waals surface area (Å²) in [6.45, 7) is 0. The maximum atomic E-state index is 12.9. The number of hydrogen-bond acceptors (Lipinski definition) is 3. The molecule has 80 valence electrons. The van der Waals surface area contributed by atoms with Crippen molar-refractivity contribution in [2.24, 2.45) is 0 Å². The summed E-state index contributed by atoms with van der Waals surface area (Å²) in [5, 5.41) is 10.6. The number of carbonyl (C=O) groups excluding carboxylic acids is 1. The lowest BCUT2D eigenvalue weighted by molar-refractivity contribution is -0.385. The molecule has 0 heterocycles. The zero-order valence-electron chi connectivity index (χ0n) is 7.17. The third kappa shape index (κ3) is 2.51. The summed E-state index contributed by atoms with van der Waals surface area (Å²) < 4.78 is 12.9. The first-order valence-electron chi connectivity index (χ1n) is 3.70. The number of nitro groups is 1. The van der Waals surface area contributed by atoms with E-state index in [1.54, 1.807) is 0 Å². The van der Waals surface area contributed by atoms with Crippen LogP contribution in [0.4, 0.5) is 10.1 Å². The SMILES string of the molecule is O=C(CCl)c1c(Br)cc(F)cc1[N+](=O)[O-]. The Bertz CT molecular complexity index is 438. The van der Waals surface area contributed by atoms with Crippen molar-refractivity contribution in [1.82, 2.24) is 0 Å². The predicted molar refractivity (Wildman–Crippen MR) is 55.8 cm³/mol. The zero-order valence-corrected chi connectivity index (χ0v) is 9.51. The van der Waals surface area contributed by atoms with Crippen LogP contribution in [0.3, 0.4) is 0 Å². The van der Waals surface area contributed by atoms with Gasteiger partial charge in [0.1, 0.15) is 11.4 Å². The largest absolute Gasteiger partial charge is 0.293 e. The van der Waals surface area contributed by atoms with Crippen LogP contribution in [0, 0.1) is 15.9 Å². The van der Waals surface area contributed by atoms with Gasteiger partial charge in [-0.2, -0.15) is 0 Å². The quantitative estimate of drug-likeness (QED) is 0.373. The average Bonchev–Trinajstić information content (AvgIpc) is 2.15. The van der Waals surface area contributed by atoms with Crippen LogP contribution < -0.4 is 0 Å². The van der Waals surface area contributed by atoms with Crippen molar-refractivity contribution in [1.29, 1.82) is 0 Å². The number of Topliss-reactive ketones (excluding diaryl/α,β-unsaturated/α-hetero) is 1. The fraction of sp³-hybridized carbons (Fsp3) is 0.125. The van der Waals surface area contributed by atoms with E-state index in [0.29, 0.717) is 6.07 Å². The molecule has 0 N–H and O–H groups in total. The Balaban J connectivity index is 3.46. The van der Waals surface area contributed by atoms with Crippen molar-refractivity contribution in [3.05, 3.63) is 38.1 Å². The molecule has 0 aliphatic carbocycles. The number of alkyl halides is 1. The molecule has 0 fully saturated rings. The van der Waals surface area contributed by atoms with E-state index >= 15 is 0 Å². The van der Waals surface area contributed by atoms with Gasteiger partial charge in [-0.15, -0.1) is 11.6 Å². The second-order valence-electron chi connectivity index (χ2n) is 2.60. The monoisotopic (exact) mass is 295 g/mol. The smallest absolute Gasteiger partial charge is 0.284 e. The van der Waals surface area contributed by atoms with Crippen molar-refractivity contribution >= 4 is 39.0 Å². The molecule has 0 aliphatic rings. The standard InChI is InChI=1S/C8H4BrClFNO3/c9-5-1-4(11)2-6(12(14)15)8(5)7(13)3-10/h1-2H,3H2. The molecule has 0 radical (unpaired) electrons. The van der Waals surface area contributed by atoms with Gasteiger partial charge in [0.2, 0.25) is 0 Å². The summed E-state index contributed by atoms with van der Waals surface area (Å²) in [7, 11) is 0. The van der Waals surface area contributed by atoms with E-state index in [0.717, 1.165) is 6.07 Å². The number of carbonyl (C=O) groups is 1. The van der Waals surface area contributed by atoms with E-state index in [9.17, 15) is 19.3 Å². The molecule has 0 saturated carbocycles. The molecule has 0 aromatic heterocycles. The Morgan fingerprint density at radius 2 is 2.20 bits per heavy atom. The Kier molecular flexibility index (Phi) is 3.76. The highest BCUT2D eigenvalue weighted by molar-refractivity contribution is 9.10. The van der Waals surface area contributed by atoms with Crippen LogP contribution in [0.2, 0.25) is 0 Å².